The van der Waals surface area contributed by atoms with Gasteiger partial charge in [-0.2, -0.15) is 4.98 Å². The van der Waals surface area contributed by atoms with Crippen LogP contribution in [0.1, 0.15) is 56.7 Å². The highest BCUT2D eigenvalue weighted by Gasteiger charge is 2.24. The van der Waals surface area contributed by atoms with Crippen molar-refractivity contribution < 1.29 is 9.63 Å². The molecule has 0 aromatic carbocycles. The van der Waals surface area contributed by atoms with Crippen LogP contribution in [0.2, 0.25) is 0 Å². The first-order chi connectivity index (χ1) is 7.33. The van der Waals surface area contributed by atoms with Gasteiger partial charge in [-0.1, -0.05) is 18.5 Å². The quantitative estimate of drug-likeness (QED) is 0.831. The first kappa shape index (κ1) is 10.6. The minimum atomic E-state index is -0.155. The summed E-state index contributed by atoms with van der Waals surface area (Å²) in [6.45, 7) is 2.10. The Balaban J connectivity index is 1.95. The van der Waals surface area contributed by atoms with E-state index < -0.39 is 0 Å². The van der Waals surface area contributed by atoms with Crippen molar-refractivity contribution in [3.8, 4) is 0 Å². The van der Waals surface area contributed by atoms with Crippen molar-refractivity contribution in [2.75, 3.05) is 0 Å². The molecule has 0 amide bonds. The van der Waals surface area contributed by atoms with Crippen molar-refractivity contribution in [1.82, 2.24) is 10.1 Å². The summed E-state index contributed by atoms with van der Waals surface area (Å²) >= 11 is 0. The largest absolute Gasteiger partial charge is 0.387 e. The van der Waals surface area contributed by atoms with Gasteiger partial charge in [-0.25, -0.2) is 0 Å². The number of aliphatic hydroxyl groups is 1. The molecule has 1 aromatic heterocycles. The summed E-state index contributed by atoms with van der Waals surface area (Å²) in [5.41, 5.74) is 0. The third-order valence-corrected chi connectivity index (χ3v) is 3.41. The second-order valence-corrected chi connectivity index (χ2v) is 4.33. The molecule has 1 heterocycles. The first-order valence-corrected chi connectivity index (χ1v) is 5.76. The molecule has 1 aliphatic carbocycles. The van der Waals surface area contributed by atoms with Crippen LogP contribution in [0.5, 0.6) is 0 Å². The molecule has 1 aromatic rings. The predicted molar refractivity (Wildman–Crippen MR) is 55.2 cm³/mol. The van der Waals surface area contributed by atoms with Crippen molar-refractivity contribution in [1.29, 1.82) is 0 Å². The molecule has 0 unspecified atom stereocenters. The van der Waals surface area contributed by atoms with Crippen LogP contribution in [0, 0.1) is 5.92 Å². The number of hydrogen-bond acceptors (Lipinski definition) is 4. The number of nitrogens with zero attached hydrogens (tertiary/aromatic N) is 2. The molecular weight excluding hydrogens is 192 g/mol. The van der Waals surface area contributed by atoms with E-state index in [1.54, 1.807) is 0 Å². The third-order valence-electron chi connectivity index (χ3n) is 3.41. The molecule has 15 heavy (non-hydrogen) atoms. The van der Waals surface area contributed by atoms with Crippen LogP contribution in [-0.4, -0.2) is 15.2 Å². The van der Waals surface area contributed by atoms with Gasteiger partial charge >= 0.3 is 0 Å². The van der Waals surface area contributed by atoms with E-state index in [2.05, 4.69) is 17.1 Å². The summed E-state index contributed by atoms with van der Waals surface area (Å²) in [7, 11) is 0. The van der Waals surface area contributed by atoms with Crippen LogP contribution in [0.15, 0.2) is 4.52 Å². The molecule has 0 bridgehead atoms. The van der Waals surface area contributed by atoms with Gasteiger partial charge in [0.05, 0.1) is 0 Å². The van der Waals surface area contributed by atoms with Crippen molar-refractivity contribution in [3.05, 3.63) is 11.7 Å². The van der Waals surface area contributed by atoms with Crippen LogP contribution in [0.3, 0.4) is 0 Å². The van der Waals surface area contributed by atoms with Crippen LogP contribution < -0.4 is 0 Å². The molecular formula is C11H18N2O2. The van der Waals surface area contributed by atoms with Gasteiger partial charge in [-0.05, 0) is 31.6 Å². The van der Waals surface area contributed by atoms with E-state index in [-0.39, 0.29) is 6.61 Å². The van der Waals surface area contributed by atoms with Crippen LogP contribution >= 0.6 is 0 Å². The zero-order chi connectivity index (χ0) is 10.7. The van der Waals surface area contributed by atoms with Crippen molar-refractivity contribution >= 4 is 0 Å². The Morgan fingerprint density at radius 3 is 2.60 bits per heavy atom. The van der Waals surface area contributed by atoms with Crippen LogP contribution in [-0.2, 0) is 6.61 Å². The molecule has 1 aliphatic rings. The molecule has 4 nitrogen and oxygen atoms in total. The summed E-state index contributed by atoms with van der Waals surface area (Å²) < 4.78 is 4.91. The zero-order valence-corrected chi connectivity index (χ0v) is 9.15. The fourth-order valence-corrected chi connectivity index (χ4v) is 2.33. The summed E-state index contributed by atoms with van der Waals surface area (Å²) in [5.74, 6) is 2.44. The Hall–Kier alpha value is -0.900. The Morgan fingerprint density at radius 1 is 1.33 bits per heavy atom. The van der Waals surface area contributed by atoms with E-state index in [4.69, 9.17) is 9.63 Å². The first-order valence-electron chi connectivity index (χ1n) is 5.76. The van der Waals surface area contributed by atoms with Gasteiger partial charge in [0, 0.05) is 5.92 Å². The topological polar surface area (TPSA) is 59.2 Å². The van der Waals surface area contributed by atoms with Gasteiger partial charge in [-0.3, -0.25) is 0 Å². The van der Waals surface area contributed by atoms with Gasteiger partial charge in [-0.15, -0.1) is 0 Å². The normalized spacial score (nSPS) is 26.8. The SMILES string of the molecule is CCC1CCC(c2noc(CO)n2)CC1. The minimum Gasteiger partial charge on any atom is -0.387 e. The highest BCUT2D eigenvalue weighted by molar-refractivity contribution is 4.97. The van der Waals surface area contributed by atoms with E-state index >= 15 is 0 Å². The number of aromatic nitrogens is 2. The lowest BCUT2D eigenvalue weighted by Crippen LogP contribution is -2.13. The Labute approximate surface area is 89.7 Å². The molecule has 1 saturated carbocycles. The van der Waals surface area contributed by atoms with Crippen molar-refractivity contribution in [2.45, 2.75) is 51.6 Å². The maximum atomic E-state index is 8.83. The fourth-order valence-electron chi connectivity index (χ4n) is 2.33. The predicted octanol–water partition coefficient (Wildman–Crippen LogP) is 2.25. The highest BCUT2D eigenvalue weighted by Crippen LogP contribution is 2.35. The zero-order valence-electron chi connectivity index (χ0n) is 9.15. The van der Waals surface area contributed by atoms with E-state index in [0.717, 1.165) is 24.6 Å². The lowest BCUT2D eigenvalue weighted by Gasteiger charge is -2.25. The molecule has 0 radical (unpaired) electrons. The molecule has 1 fully saturated rings. The van der Waals surface area contributed by atoms with Gasteiger partial charge in [0.1, 0.15) is 6.61 Å². The Bertz CT molecular complexity index is 303. The monoisotopic (exact) mass is 210 g/mol. The van der Waals surface area contributed by atoms with Crippen molar-refractivity contribution in [2.24, 2.45) is 5.92 Å². The van der Waals surface area contributed by atoms with E-state index in [1.807, 2.05) is 0 Å². The number of aliphatic hydroxyl groups excluding tert-OH is 1. The van der Waals surface area contributed by atoms with E-state index in [0.29, 0.717) is 11.8 Å². The van der Waals surface area contributed by atoms with E-state index in [1.165, 1.54) is 19.3 Å². The second kappa shape index (κ2) is 4.75. The maximum absolute atomic E-state index is 8.83. The average molecular weight is 210 g/mol. The Kier molecular flexibility index (Phi) is 3.36. The Morgan fingerprint density at radius 2 is 2.07 bits per heavy atom. The number of hydrogen-bond donors (Lipinski definition) is 1. The maximum Gasteiger partial charge on any atom is 0.252 e. The minimum absolute atomic E-state index is 0.155. The van der Waals surface area contributed by atoms with Gasteiger partial charge in [0.2, 0.25) is 0 Å². The smallest absolute Gasteiger partial charge is 0.252 e. The molecule has 1 N–H and O–H groups in total. The second-order valence-electron chi connectivity index (χ2n) is 4.33. The van der Waals surface area contributed by atoms with Crippen LogP contribution in [0.25, 0.3) is 0 Å². The molecule has 2 rings (SSSR count). The molecule has 0 spiro atoms. The van der Waals surface area contributed by atoms with Gasteiger partial charge in [0.15, 0.2) is 5.82 Å². The number of rotatable bonds is 3. The third kappa shape index (κ3) is 2.37. The van der Waals surface area contributed by atoms with E-state index in [9.17, 15) is 0 Å². The summed E-state index contributed by atoms with van der Waals surface area (Å²) in [6, 6.07) is 0. The summed E-state index contributed by atoms with van der Waals surface area (Å²) in [4.78, 5) is 4.18. The molecule has 0 aliphatic heterocycles. The van der Waals surface area contributed by atoms with Crippen LogP contribution in [0.4, 0.5) is 0 Å². The molecule has 4 heteroatoms. The standard InChI is InChI=1S/C11H18N2O2/c1-2-8-3-5-9(6-4-8)11-12-10(7-14)15-13-11/h8-9,14H,2-7H2,1H3. The average Bonchev–Trinajstić information content (AvgIpc) is 2.78. The van der Waals surface area contributed by atoms with Crippen molar-refractivity contribution in [3.63, 3.8) is 0 Å². The fraction of sp³-hybridized carbons (Fsp3) is 0.818. The summed E-state index contributed by atoms with van der Waals surface area (Å²) in [5, 5.41) is 12.7. The lowest BCUT2D eigenvalue weighted by atomic mass is 9.80. The lowest BCUT2D eigenvalue weighted by molar-refractivity contribution is 0.222. The molecule has 0 atom stereocenters. The summed E-state index contributed by atoms with van der Waals surface area (Å²) in [6.07, 6.45) is 6.13. The molecule has 0 saturated heterocycles. The van der Waals surface area contributed by atoms with Gasteiger partial charge < -0.3 is 9.63 Å². The molecule has 84 valence electrons. The highest BCUT2D eigenvalue weighted by atomic mass is 16.5. The van der Waals surface area contributed by atoms with Gasteiger partial charge in [0.25, 0.3) is 5.89 Å².